The Labute approximate surface area is 205 Å². The molecule has 0 amide bonds. The largest absolute Gasteiger partial charge is 0.490 e. The highest BCUT2D eigenvalue weighted by atomic mass is 19.2. The summed E-state index contributed by atoms with van der Waals surface area (Å²) < 4.78 is 55.2. The summed E-state index contributed by atoms with van der Waals surface area (Å²) >= 11 is 0. The maximum absolute atomic E-state index is 15.0. The number of halogens is 3. The van der Waals surface area contributed by atoms with Gasteiger partial charge in [0.05, 0.1) is 6.61 Å². The topological polar surface area (TPSA) is 18.5 Å². The number of hydrogen-bond acceptors (Lipinski definition) is 2. The molecule has 3 aromatic rings. The number of benzene rings is 3. The zero-order chi connectivity index (χ0) is 24.8. The molecule has 0 heterocycles. The van der Waals surface area contributed by atoms with Crippen molar-refractivity contribution in [3.05, 3.63) is 95.8 Å². The van der Waals surface area contributed by atoms with Gasteiger partial charge < -0.3 is 9.47 Å². The average molecular weight is 481 g/mol. The van der Waals surface area contributed by atoms with Crippen LogP contribution in [0.1, 0.15) is 56.1 Å². The Hall–Kier alpha value is -3.21. The maximum atomic E-state index is 15.0. The van der Waals surface area contributed by atoms with E-state index in [1.165, 1.54) is 6.07 Å². The predicted octanol–water partition coefficient (Wildman–Crippen LogP) is 8.60. The van der Waals surface area contributed by atoms with E-state index in [1.807, 2.05) is 0 Å². The van der Waals surface area contributed by atoms with Crippen LogP contribution >= 0.6 is 0 Å². The molecule has 0 bridgehead atoms. The Kier molecular flexibility index (Phi) is 8.17. The third-order valence-electron chi connectivity index (χ3n) is 6.71. The van der Waals surface area contributed by atoms with Gasteiger partial charge in [-0.05, 0) is 72.1 Å². The van der Waals surface area contributed by atoms with E-state index < -0.39 is 17.5 Å². The van der Waals surface area contributed by atoms with E-state index in [4.69, 9.17) is 9.47 Å². The fraction of sp³-hybridized carbons (Fsp3) is 0.333. The van der Waals surface area contributed by atoms with Gasteiger partial charge in [0.15, 0.2) is 23.2 Å². The van der Waals surface area contributed by atoms with E-state index in [-0.39, 0.29) is 23.8 Å². The fourth-order valence-electron chi connectivity index (χ4n) is 4.57. The minimum atomic E-state index is -0.805. The summed E-state index contributed by atoms with van der Waals surface area (Å²) in [6.07, 6.45) is 6.25. The minimum Gasteiger partial charge on any atom is -0.490 e. The van der Waals surface area contributed by atoms with Crippen LogP contribution in [0.2, 0.25) is 0 Å². The van der Waals surface area contributed by atoms with Gasteiger partial charge in [0.25, 0.3) is 0 Å². The summed E-state index contributed by atoms with van der Waals surface area (Å²) in [5, 5.41) is 0. The first-order valence-corrected chi connectivity index (χ1v) is 12.2. The van der Waals surface area contributed by atoms with E-state index in [2.05, 4.69) is 13.5 Å². The highest BCUT2D eigenvalue weighted by Crippen LogP contribution is 2.38. The molecule has 1 saturated carbocycles. The molecular weight excluding hydrogens is 449 g/mol. The summed E-state index contributed by atoms with van der Waals surface area (Å²) in [5.74, 6) is -0.508. The molecule has 0 unspecified atom stereocenters. The molecule has 35 heavy (non-hydrogen) atoms. The molecule has 3 aromatic carbocycles. The molecule has 0 aromatic heterocycles. The van der Waals surface area contributed by atoms with Crippen LogP contribution in [0.5, 0.6) is 11.5 Å². The van der Waals surface area contributed by atoms with E-state index in [0.717, 1.165) is 25.7 Å². The number of ether oxygens (including phenoxy) is 2. The van der Waals surface area contributed by atoms with Gasteiger partial charge in [0.2, 0.25) is 0 Å². The van der Waals surface area contributed by atoms with E-state index >= 15 is 0 Å². The van der Waals surface area contributed by atoms with Crippen molar-refractivity contribution in [1.29, 1.82) is 0 Å². The van der Waals surface area contributed by atoms with Gasteiger partial charge in [-0.1, -0.05) is 56.2 Å². The first-order chi connectivity index (χ1) is 17.0. The highest BCUT2D eigenvalue weighted by Gasteiger charge is 2.25. The molecule has 0 aliphatic heterocycles. The second kappa shape index (κ2) is 11.5. The summed E-state index contributed by atoms with van der Waals surface area (Å²) in [4.78, 5) is 0. The molecule has 0 N–H and O–H groups in total. The van der Waals surface area contributed by atoms with E-state index in [0.29, 0.717) is 41.4 Å². The molecule has 0 atom stereocenters. The Bertz CT molecular complexity index is 1150. The lowest BCUT2D eigenvalue weighted by atomic mass is 9.79. The Balaban J connectivity index is 1.39. The molecule has 0 spiro atoms. The predicted molar refractivity (Wildman–Crippen MR) is 133 cm³/mol. The molecule has 5 heteroatoms. The van der Waals surface area contributed by atoms with Crippen LogP contribution in [0.25, 0.3) is 11.1 Å². The normalized spacial score (nSPS) is 17.7. The third-order valence-corrected chi connectivity index (χ3v) is 6.71. The van der Waals surface area contributed by atoms with Gasteiger partial charge in [-0.2, -0.15) is 0 Å². The standard InChI is InChI=1S/C30H31F3O2/c1-3-4-17-34-28-16-7-21(18-27(28)31)19-35-24-12-10-23(11-13-24)26-15-14-25(29(32)30(26)33)22-8-5-20(2)6-9-22/h3,7,10-16,18,20,22H,1,4-6,8-9,17,19H2,2H3. The Morgan fingerprint density at radius 2 is 1.63 bits per heavy atom. The summed E-state index contributed by atoms with van der Waals surface area (Å²) in [6.45, 7) is 6.36. The monoisotopic (exact) mass is 480 g/mol. The molecule has 0 saturated heterocycles. The van der Waals surface area contributed by atoms with Crippen LogP contribution in [0.3, 0.4) is 0 Å². The Morgan fingerprint density at radius 3 is 2.31 bits per heavy atom. The SMILES string of the molecule is C=CCCOc1ccc(COc2ccc(-c3ccc(C4CCC(C)CC4)c(F)c3F)cc2)cc1F. The Morgan fingerprint density at radius 1 is 0.886 bits per heavy atom. The van der Waals surface area contributed by atoms with Crippen LogP contribution in [0, 0.1) is 23.4 Å². The second-order valence-electron chi connectivity index (χ2n) is 9.29. The van der Waals surface area contributed by atoms with Crippen molar-refractivity contribution in [2.45, 2.75) is 51.6 Å². The molecule has 1 aliphatic rings. The van der Waals surface area contributed by atoms with Crippen LogP contribution in [-0.4, -0.2) is 6.61 Å². The second-order valence-corrected chi connectivity index (χ2v) is 9.29. The van der Waals surface area contributed by atoms with Crippen LogP contribution in [0.15, 0.2) is 67.3 Å². The first-order valence-electron chi connectivity index (χ1n) is 12.2. The molecule has 1 fully saturated rings. The molecule has 0 radical (unpaired) electrons. The molecule has 2 nitrogen and oxygen atoms in total. The van der Waals surface area contributed by atoms with Crippen LogP contribution in [0.4, 0.5) is 13.2 Å². The zero-order valence-corrected chi connectivity index (χ0v) is 20.0. The quantitative estimate of drug-likeness (QED) is 0.225. The third kappa shape index (κ3) is 6.08. The lowest BCUT2D eigenvalue weighted by Gasteiger charge is -2.27. The van der Waals surface area contributed by atoms with Gasteiger partial charge >= 0.3 is 0 Å². The first kappa shape index (κ1) is 24.9. The van der Waals surface area contributed by atoms with Crippen LogP contribution < -0.4 is 9.47 Å². The average Bonchev–Trinajstić information content (AvgIpc) is 2.87. The summed E-state index contributed by atoms with van der Waals surface area (Å²) in [5.41, 5.74) is 1.95. The molecule has 1 aliphatic carbocycles. The zero-order valence-electron chi connectivity index (χ0n) is 20.0. The van der Waals surface area contributed by atoms with E-state index in [1.54, 1.807) is 54.6 Å². The van der Waals surface area contributed by atoms with E-state index in [9.17, 15) is 13.2 Å². The smallest absolute Gasteiger partial charge is 0.166 e. The molecule has 4 rings (SSSR count). The van der Waals surface area contributed by atoms with Crippen molar-refractivity contribution in [2.75, 3.05) is 6.61 Å². The van der Waals surface area contributed by atoms with Gasteiger partial charge in [-0.15, -0.1) is 6.58 Å². The van der Waals surface area contributed by atoms with Gasteiger partial charge in [-0.3, -0.25) is 0 Å². The van der Waals surface area contributed by atoms with Crippen molar-refractivity contribution < 1.29 is 22.6 Å². The number of rotatable bonds is 9. The summed E-state index contributed by atoms with van der Waals surface area (Å²) in [6, 6.07) is 14.9. The van der Waals surface area contributed by atoms with Crippen molar-refractivity contribution in [1.82, 2.24) is 0 Å². The summed E-state index contributed by atoms with van der Waals surface area (Å²) in [7, 11) is 0. The maximum Gasteiger partial charge on any atom is 0.166 e. The van der Waals surface area contributed by atoms with Crippen molar-refractivity contribution in [2.24, 2.45) is 5.92 Å². The van der Waals surface area contributed by atoms with Crippen LogP contribution in [-0.2, 0) is 6.61 Å². The minimum absolute atomic E-state index is 0.0862. The lowest BCUT2D eigenvalue weighted by molar-refractivity contribution is 0.298. The van der Waals surface area contributed by atoms with Crippen molar-refractivity contribution in [3.8, 4) is 22.6 Å². The van der Waals surface area contributed by atoms with Gasteiger partial charge in [0.1, 0.15) is 12.4 Å². The fourth-order valence-corrected chi connectivity index (χ4v) is 4.57. The lowest BCUT2D eigenvalue weighted by Crippen LogP contribution is -2.13. The van der Waals surface area contributed by atoms with Crippen molar-refractivity contribution in [3.63, 3.8) is 0 Å². The molecule has 184 valence electrons. The van der Waals surface area contributed by atoms with Gasteiger partial charge in [0, 0.05) is 5.56 Å². The molecular formula is C30H31F3O2. The van der Waals surface area contributed by atoms with Gasteiger partial charge in [-0.25, -0.2) is 13.2 Å². The number of hydrogen-bond donors (Lipinski definition) is 0. The highest BCUT2D eigenvalue weighted by molar-refractivity contribution is 5.65. The van der Waals surface area contributed by atoms with Crippen molar-refractivity contribution >= 4 is 0 Å².